The van der Waals surface area contributed by atoms with Gasteiger partial charge in [-0.2, -0.15) is 0 Å². The molecule has 0 fully saturated rings. The Morgan fingerprint density at radius 2 is 2.50 bits per heavy atom. The molecule has 0 atom stereocenters. The highest BCUT2D eigenvalue weighted by molar-refractivity contribution is 8.18. The van der Waals surface area contributed by atoms with Crippen LogP contribution >= 0.6 is 23.4 Å². The highest BCUT2D eigenvalue weighted by atomic mass is 35.5. The van der Waals surface area contributed by atoms with Gasteiger partial charge in [-0.3, -0.25) is 4.79 Å². The maximum absolute atomic E-state index is 9.70. The zero-order chi connectivity index (χ0) is 4.99. The first-order valence-electron chi connectivity index (χ1n) is 1.24. The maximum Gasteiger partial charge on any atom is 0.283 e. The van der Waals surface area contributed by atoms with Crippen LogP contribution in [0.25, 0.3) is 0 Å². The minimum atomic E-state index is -0.440. The highest BCUT2D eigenvalue weighted by Gasteiger charge is 1.85. The SMILES string of the molecule is C=CSC(=O)Cl. The highest BCUT2D eigenvalue weighted by Crippen LogP contribution is 2.05. The lowest BCUT2D eigenvalue weighted by Gasteiger charge is -1.71. The van der Waals surface area contributed by atoms with E-state index in [0.29, 0.717) is 0 Å². The van der Waals surface area contributed by atoms with Gasteiger partial charge >= 0.3 is 0 Å². The first-order valence-corrected chi connectivity index (χ1v) is 2.50. The minimum absolute atomic E-state index is 0.440. The Morgan fingerprint density at radius 3 is 2.50 bits per heavy atom. The van der Waals surface area contributed by atoms with Gasteiger partial charge in [-0.15, -0.1) is 0 Å². The van der Waals surface area contributed by atoms with Gasteiger partial charge in [0.05, 0.1) is 0 Å². The number of hydrogen-bond acceptors (Lipinski definition) is 2. The van der Waals surface area contributed by atoms with Crippen molar-refractivity contribution in [3.8, 4) is 0 Å². The van der Waals surface area contributed by atoms with E-state index in [2.05, 4.69) is 6.58 Å². The van der Waals surface area contributed by atoms with Gasteiger partial charge in [0.2, 0.25) is 0 Å². The van der Waals surface area contributed by atoms with Crippen LogP contribution in [0.3, 0.4) is 0 Å². The van der Waals surface area contributed by atoms with Gasteiger partial charge in [0, 0.05) is 0 Å². The molecule has 0 unspecified atom stereocenters. The summed E-state index contributed by atoms with van der Waals surface area (Å²) in [4.78, 5) is 9.70. The van der Waals surface area contributed by atoms with E-state index in [1.807, 2.05) is 0 Å². The third kappa shape index (κ3) is 4.05. The molecule has 0 spiro atoms. The van der Waals surface area contributed by atoms with Gasteiger partial charge in [0.25, 0.3) is 4.57 Å². The fraction of sp³-hybridized carbons (Fsp3) is 0. The molecule has 1 nitrogen and oxygen atoms in total. The van der Waals surface area contributed by atoms with Gasteiger partial charge in [-0.1, -0.05) is 6.58 Å². The second-order valence-electron chi connectivity index (χ2n) is 0.522. The number of hydrogen-bond donors (Lipinski definition) is 0. The van der Waals surface area contributed by atoms with E-state index in [0.717, 1.165) is 11.8 Å². The fourth-order valence-electron chi connectivity index (χ4n) is 0.0655. The van der Waals surface area contributed by atoms with Crippen molar-refractivity contribution >= 4 is 27.9 Å². The lowest BCUT2D eigenvalue weighted by molar-refractivity contribution is 0.276. The molecular formula is C3H3ClOS. The summed E-state index contributed by atoms with van der Waals surface area (Å²) in [5.74, 6) is 0. The smallest absolute Gasteiger partial charge is 0.268 e. The van der Waals surface area contributed by atoms with Crippen LogP contribution in [0.5, 0.6) is 0 Å². The summed E-state index contributed by atoms with van der Waals surface area (Å²) in [6.07, 6.45) is 0. The molecule has 0 saturated carbocycles. The molecule has 0 radical (unpaired) electrons. The molecule has 34 valence electrons. The molecule has 0 rings (SSSR count). The van der Waals surface area contributed by atoms with Crippen LogP contribution in [0.4, 0.5) is 4.79 Å². The number of carbonyl (C=O) groups is 1. The Labute approximate surface area is 45.4 Å². The Hall–Kier alpha value is 0.0500. The molecular weight excluding hydrogens is 120 g/mol. The first-order chi connectivity index (χ1) is 2.77. The summed E-state index contributed by atoms with van der Waals surface area (Å²) in [5.41, 5.74) is 0. The zero-order valence-corrected chi connectivity index (χ0v) is 4.55. The molecule has 0 heterocycles. The van der Waals surface area contributed by atoms with Crippen LogP contribution in [-0.2, 0) is 0 Å². The van der Waals surface area contributed by atoms with Crippen LogP contribution in [-0.4, -0.2) is 4.57 Å². The van der Waals surface area contributed by atoms with Crippen molar-refractivity contribution in [2.45, 2.75) is 0 Å². The van der Waals surface area contributed by atoms with Crippen molar-refractivity contribution in [1.29, 1.82) is 0 Å². The minimum Gasteiger partial charge on any atom is -0.268 e. The Balaban J connectivity index is 3.05. The first kappa shape index (κ1) is 6.05. The molecule has 6 heavy (non-hydrogen) atoms. The van der Waals surface area contributed by atoms with E-state index in [1.165, 1.54) is 5.41 Å². The Morgan fingerprint density at radius 1 is 2.00 bits per heavy atom. The molecule has 0 aromatic heterocycles. The summed E-state index contributed by atoms with van der Waals surface area (Å²) >= 11 is 5.71. The van der Waals surface area contributed by atoms with Crippen molar-refractivity contribution in [3.63, 3.8) is 0 Å². The molecule has 0 aromatic carbocycles. The molecule has 0 N–H and O–H groups in total. The van der Waals surface area contributed by atoms with Crippen molar-refractivity contribution in [3.05, 3.63) is 12.0 Å². The van der Waals surface area contributed by atoms with Gasteiger partial charge in [0.1, 0.15) is 0 Å². The topological polar surface area (TPSA) is 17.1 Å². The average Bonchev–Trinajstić information content (AvgIpc) is 1.35. The largest absolute Gasteiger partial charge is 0.283 e. The van der Waals surface area contributed by atoms with E-state index in [1.54, 1.807) is 0 Å². The zero-order valence-electron chi connectivity index (χ0n) is 2.98. The Bertz CT molecular complexity index is 71.2. The maximum atomic E-state index is 9.70. The molecule has 0 bridgehead atoms. The van der Waals surface area contributed by atoms with E-state index in [-0.39, 0.29) is 0 Å². The van der Waals surface area contributed by atoms with Crippen molar-refractivity contribution in [1.82, 2.24) is 0 Å². The molecule has 0 aliphatic rings. The van der Waals surface area contributed by atoms with Crippen molar-refractivity contribution < 1.29 is 4.79 Å². The molecule has 0 aromatic rings. The number of rotatable bonds is 1. The summed E-state index contributed by atoms with van der Waals surface area (Å²) < 4.78 is -0.440. The fourth-order valence-corrected chi connectivity index (χ4v) is 0.386. The average molecular weight is 123 g/mol. The van der Waals surface area contributed by atoms with Gasteiger partial charge in [0.15, 0.2) is 0 Å². The van der Waals surface area contributed by atoms with Crippen LogP contribution in [0.15, 0.2) is 12.0 Å². The van der Waals surface area contributed by atoms with Crippen LogP contribution in [0.2, 0.25) is 0 Å². The predicted molar refractivity (Wildman–Crippen MR) is 29.0 cm³/mol. The normalized spacial score (nSPS) is 7.50. The van der Waals surface area contributed by atoms with Crippen LogP contribution < -0.4 is 0 Å². The third-order valence-electron chi connectivity index (χ3n) is 0.176. The molecule has 3 heteroatoms. The molecule has 0 saturated heterocycles. The molecule has 0 aliphatic carbocycles. The lowest BCUT2D eigenvalue weighted by Crippen LogP contribution is -1.60. The van der Waals surface area contributed by atoms with Crippen LogP contribution in [0.1, 0.15) is 0 Å². The standard InChI is InChI=1S/C3H3ClOS/c1-2-6-3(4)5/h2H,1H2. The van der Waals surface area contributed by atoms with Crippen molar-refractivity contribution in [2.24, 2.45) is 0 Å². The summed E-state index contributed by atoms with van der Waals surface area (Å²) in [7, 11) is 0. The number of halogens is 1. The van der Waals surface area contributed by atoms with E-state index in [9.17, 15) is 4.79 Å². The monoisotopic (exact) mass is 122 g/mol. The summed E-state index contributed by atoms with van der Waals surface area (Å²) in [6, 6.07) is 0. The quantitative estimate of drug-likeness (QED) is 0.496. The third-order valence-corrected chi connectivity index (χ3v) is 0.795. The van der Waals surface area contributed by atoms with Gasteiger partial charge in [-0.25, -0.2) is 0 Å². The summed E-state index contributed by atoms with van der Waals surface area (Å²) in [6.45, 7) is 3.26. The van der Waals surface area contributed by atoms with Gasteiger partial charge < -0.3 is 0 Å². The predicted octanol–water partition coefficient (Wildman–Crippen LogP) is 2.22. The van der Waals surface area contributed by atoms with E-state index >= 15 is 0 Å². The second-order valence-corrected chi connectivity index (χ2v) is 2.03. The van der Waals surface area contributed by atoms with Crippen molar-refractivity contribution in [2.75, 3.05) is 0 Å². The summed E-state index contributed by atoms with van der Waals surface area (Å²) in [5, 5.41) is 1.38. The number of thioether (sulfide) groups is 1. The molecule has 0 aliphatic heterocycles. The molecule has 0 amide bonds. The van der Waals surface area contributed by atoms with Gasteiger partial charge in [-0.05, 0) is 28.8 Å². The van der Waals surface area contributed by atoms with E-state index in [4.69, 9.17) is 11.6 Å². The van der Waals surface area contributed by atoms with Crippen LogP contribution in [0, 0.1) is 0 Å². The van der Waals surface area contributed by atoms with E-state index < -0.39 is 4.57 Å². The Kier molecular flexibility index (Phi) is 3.28. The second kappa shape index (κ2) is 3.25. The lowest BCUT2D eigenvalue weighted by atomic mass is 11.3. The number of carbonyl (C=O) groups excluding carboxylic acids is 1.